The van der Waals surface area contributed by atoms with Crippen molar-refractivity contribution >= 4 is 11.6 Å². The summed E-state index contributed by atoms with van der Waals surface area (Å²) in [5, 5.41) is 0. The normalized spacial score (nSPS) is 11.1. The van der Waals surface area contributed by atoms with E-state index >= 15 is 0 Å². The molecule has 1 rings (SSSR count). The van der Waals surface area contributed by atoms with Crippen LogP contribution < -0.4 is 5.73 Å². The lowest BCUT2D eigenvalue weighted by Gasteiger charge is -2.29. The molecule has 18 heavy (non-hydrogen) atoms. The first-order valence-corrected chi connectivity index (χ1v) is 6.50. The maximum atomic E-state index is 12.5. The third-order valence-corrected chi connectivity index (χ3v) is 2.93. The molecule has 0 bridgehead atoms. The van der Waals surface area contributed by atoms with Crippen molar-refractivity contribution in [1.82, 2.24) is 4.90 Å². The number of aryl methyl sites for hydroxylation is 1. The fraction of sp³-hybridized carbons (Fsp3) is 0.533. The highest BCUT2D eigenvalue weighted by Crippen LogP contribution is 2.17. The third kappa shape index (κ3) is 3.49. The quantitative estimate of drug-likeness (QED) is 0.832. The zero-order chi connectivity index (χ0) is 13.9. The van der Waals surface area contributed by atoms with Crippen molar-refractivity contribution in [2.24, 2.45) is 5.92 Å². The molecular weight excluding hydrogens is 224 g/mol. The van der Waals surface area contributed by atoms with Crippen LogP contribution in [-0.4, -0.2) is 23.4 Å². The molecule has 1 aromatic rings. The number of carbonyl (C=O) groups is 1. The van der Waals surface area contributed by atoms with Gasteiger partial charge in [0.25, 0.3) is 5.91 Å². The van der Waals surface area contributed by atoms with Gasteiger partial charge in [-0.25, -0.2) is 0 Å². The molecule has 0 spiro atoms. The van der Waals surface area contributed by atoms with Crippen LogP contribution in [0.5, 0.6) is 0 Å². The average Bonchev–Trinajstić information content (AvgIpc) is 2.24. The Labute approximate surface area is 110 Å². The summed E-state index contributed by atoms with van der Waals surface area (Å²) in [6.45, 7) is 11.1. The molecule has 0 atom stereocenters. The highest BCUT2D eigenvalue weighted by molar-refractivity contribution is 5.96. The van der Waals surface area contributed by atoms with E-state index in [0.29, 0.717) is 11.6 Å². The zero-order valence-corrected chi connectivity index (χ0v) is 12.0. The minimum Gasteiger partial charge on any atom is -0.399 e. The Hall–Kier alpha value is -1.51. The van der Waals surface area contributed by atoms with E-state index in [2.05, 4.69) is 13.8 Å². The number of anilines is 1. The molecule has 3 heteroatoms. The summed E-state index contributed by atoms with van der Waals surface area (Å²) in [6, 6.07) is 5.66. The van der Waals surface area contributed by atoms with Crippen LogP contribution in [0.1, 0.15) is 43.6 Å². The van der Waals surface area contributed by atoms with E-state index in [1.165, 1.54) is 0 Å². The van der Waals surface area contributed by atoms with Gasteiger partial charge in [0.2, 0.25) is 0 Å². The standard InChI is InChI=1S/C15H24N2O/c1-10(2)9-17(11(3)4)15(18)14-7-6-13(16)8-12(14)5/h6-8,10-11H,9,16H2,1-5H3. The average molecular weight is 248 g/mol. The molecule has 0 aliphatic rings. The molecule has 1 amide bonds. The summed E-state index contributed by atoms with van der Waals surface area (Å²) >= 11 is 0. The van der Waals surface area contributed by atoms with Gasteiger partial charge in [0, 0.05) is 23.8 Å². The first kappa shape index (κ1) is 14.6. The van der Waals surface area contributed by atoms with Crippen LogP contribution in [0.3, 0.4) is 0 Å². The molecule has 0 saturated carbocycles. The van der Waals surface area contributed by atoms with E-state index in [-0.39, 0.29) is 11.9 Å². The Morgan fingerprint density at radius 1 is 1.28 bits per heavy atom. The highest BCUT2D eigenvalue weighted by atomic mass is 16.2. The van der Waals surface area contributed by atoms with Gasteiger partial charge in [0.15, 0.2) is 0 Å². The summed E-state index contributed by atoms with van der Waals surface area (Å²) in [5.74, 6) is 0.557. The molecule has 0 aromatic heterocycles. The summed E-state index contributed by atoms with van der Waals surface area (Å²) < 4.78 is 0. The van der Waals surface area contributed by atoms with Gasteiger partial charge in [-0.1, -0.05) is 13.8 Å². The third-order valence-electron chi connectivity index (χ3n) is 2.93. The van der Waals surface area contributed by atoms with Crippen molar-refractivity contribution in [1.29, 1.82) is 0 Å². The van der Waals surface area contributed by atoms with Crippen LogP contribution in [0.15, 0.2) is 18.2 Å². The largest absolute Gasteiger partial charge is 0.399 e. The van der Waals surface area contributed by atoms with Crippen LogP contribution in [0.4, 0.5) is 5.69 Å². The Balaban J connectivity index is 3.02. The smallest absolute Gasteiger partial charge is 0.254 e. The number of nitrogens with zero attached hydrogens (tertiary/aromatic N) is 1. The predicted octanol–water partition coefficient (Wildman–Crippen LogP) is 3.08. The summed E-state index contributed by atoms with van der Waals surface area (Å²) in [5.41, 5.74) is 8.11. The Bertz CT molecular complexity index is 425. The maximum absolute atomic E-state index is 12.5. The van der Waals surface area contributed by atoms with Gasteiger partial charge in [0.1, 0.15) is 0 Å². The minimum atomic E-state index is 0.0937. The number of hydrogen-bond acceptors (Lipinski definition) is 2. The van der Waals surface area contributed by atoms with Gasteiger partial charge in [-0.2, -0.15) is 0 Å². The van der Waals surface area contributed by atoms with E-state index in [0.717, 1.165) is 17.7 Å². The van der Waals surface area contributed by atoms with Crippen LogP contribution in [0.2, 0.25) is 0 Å². The maximum Gasteiger partial charge on any atom is 0.254 e. The summed E-state index contributed by atoms with van der Waals surface area (Å²) in [4.78, 5) is 14.5. The molecule has 2 N–H and O–H groups in total. The van der Waals surface area contributed by atoms with E-state index in [1.807, 2.05) is 37.8 Å². The van der Waals surface area contributed by atoms with Crippen molar-refractivity contribution in [2.45, 2.75) is 40.7 Å². The Morgan fingerprint density at radius 2 is 1.89 bits per heavy atom. The monoisotopic (exact) mass is 248 g/mol. The Kier molecular flexibility index (Phi) is 4.76. The zero-order valence-electron chi connectivity index (χ0n) is 12.0. The number of benzene rings is 1. The van der Waals surface area contributed by atoms with E-state index < -0.39 is 0 Å². The van der Waals surface area contributed by atoms with Crippen molar-refractivity contribution in [3.05, 3.63) is 29.3 Å². The van der Waals surface area contributed by atoms with Crippen molar-refractivity contribution in [3.63, 3.8) is 0 Å². The van der Waals surface area contributed by atoms with Crippen LogP contribution in [0, 0.1) is 12.8 Å². The lowest BCUT2D eigenvalue weighted by atomic mass is 10.0. The van der Waals surface area contributed by atoms with Crippen molar-refractivity contribution < 1.29 is 4.79 Å². The summed E-state index contributed by atoms with van der Waals surface area (Å²) in [7, 11) is 0. The molecule has 0 aliphatic carbocycles. The fourth-order valence-electron chi connectivity index (χ4n) is 2.00. The first-order valence-electron chi connectivity index (χ1n) is 6.50. The molecule has 0 radical (unpaired) electrons. The van der Waals surface area contributed by atoms with E-state index in [1.54, 1.807) is 6.07 Å². The second-order valence-corrected chi connectivity index (χ2v) is 5.52. The second kappa shape index (κ2) is 5.89. The Morgan fingerprint density at radius 3 is 2.33 bits per heavy atom. The van der Waals surface area contributed by atoms with Gasteiger partial charge in [0.05, 0.1) is 0 Å². The topological polar surface area (TPSA) is 46.3 Å². The molecule has 100 valence electrons. The number of rotatable bonds is 4. The first-order chi connectivity index (χ1) is 8.32. The summed E-state index contributed by atoms with van der Waals surface area (Å²) in [6.07, 6.45) is 0. The van der Waals surface area contributed by atoms with Crippen LogP contribution >= 0.6 is 0 Å². The number of hydrogen-bond donors (Lipinski definition) is 1. The molecule has 1 aromatic carbocycles. The fourth-order valence-corrected chi connectivity index (χ4v) is 2.00. The molecule has 0 unspecified atom stereocenters. The predicted molar refractivity (Wildman–Crippen MR) is 76.6 cm³/mol. The van der Waals surface area contributed by atoms with Crippen molar-refractivity contribution in [3.8, 4) is 0 Å². The lowest BCUT2D eigenvalue weighted by molar-refractivity contribution is 0.0681. The van der Waals surface area contributed by atoms with Crippen LogP contribution in [0.25, 0.3) is 0 Å². The molecule has 3 nitrogen and oxygen atoms in total. The second-order valence-electron chi connectivity index (χ2n) is 5.52. The number of amides is 1. The van der Waals surface area contributed by atoms with Gasteiger partial charge >= 0.3 is 0 Å². The van der Waals surface area contributed by atoms with Gasteiger partial charge in [-0.15, -0.1) is 0 Å². The molecule has 0 saturated heterocycles. The molecular formula is C15H24N2O. The lowest BCUT2D eigenvalue weighted by Crippen LogP contribution is -2.39. The molecule has 0 fully saturated rings. The van der Waals surface area contributed by atoms with Gasteiger partial charge < -0.3 is 10.6 Å². The van der Waals surface area contributed by atoms with E-state index in [4.69, 9.17) is 5.73 Å². The van der Waals surface area contributed by atoms with E-state index in [9.17, 15) is 4.79 Å². The molecule has 0 aliphatic heterocycles. The molecule has 0 heterocycles. The SMILES string of the molecule is Cc1cc(N)ccc1C(=O)N(CC(C)C)C(C)C. The van der Waals surface area contributed by atoms with Gasteiger partial charge in [-0.05, 0) is 50.5 Å². The van der Waals surface area contributed by atoms with Crippen molar-refractivity contribution in [2.75, 3.05) is 12.3 Å². The minimum absolute atomic E-state index is 0.0937. The van der Waals surface area contributed by atoms with Gasteiger partial charge in [-0.3, -0.25) is 4.79 Å². The number of nitrogen functional groups attached to an aromatic ring is 1. The van der Waals surface area contributed by atoms with Crippen LogP contribution in [-0.2, 0) is 0 Å². The number of nitrogens with two attached hydrogens (primary N) is 1. The number of carbonyl (C=O) groups excluding carboxylic acids is 1. The highest BCUT2D eigenvalue weighted by Gasteiger charge is 2.20.